The van der Waals surface area contributed by atoms with Gasteiger partial charge in [-0.3, -0.25) is 0 Å². The normalized spacial score (nSPS) is 12.0. The average molecular weight is 642 g/mol. The van der Waals surface area contributed by atoms with Gasteiger partial charge in [0.25, 0.3) is 0 Å². The maximum atomic E-state index is 2.54. The lowest BCUT2D eigenvalue weighted by Crippen LogP contribution is -2.74. The number of fused-ring (bicyclic) bond motifs is 3. The van der Waals surface area contributed by atoms with Crippen molar-refractivity contribution in [2.45, 2.75) is 6.42 Å². The third kappa shape index (κ3) is 4.92. The van der Waals surface area contributed by atoms with Crippen LogP contribution in [0.4, 0.5) is 0 Å². The molecule has 0 radical (unpaired) electrons. The predicted octanol–water partition coefficient (Wildman–Crippen LogP) is 8.76. The van der Waals surface area contributed by atoms with Gasteiger partial charge in [0.05, 0.1) is 11.4 Å². The highest BCUT2D eigenvalue weighted by molar-refractivity contribution is 7.19. The Morgan fingerprint density at radius 1 is 0.347 bits per heavy atom. The molecule has 0 N–H and O–H groups in total. The minimum Gasteiger partial charge on any atom is -0.309 e. The number of rotatable bonds is 7. The molecule has 0 saturated carbocycles. The third-order valence-electron chi connectivity index (χ3n) is 10.2. The van der Waals surface area contributed by atoms with E-state index in [2.05, 4.69) is 205 Å². The largest absolute Gasteiger partial charge is 0.309 e. The van der Waals surface area contributed by atoms with Gasteiger partial charge in [0.15, 0.2) is 8.07 Å². The lowest BCUT2D eigenvalue weighted by molar-refractivity contribution is 1.09. The number of hydrogen-bond acceptors (Lipinski definition) is 0. The molecule has 0 unspecified atom stereocenters. The smallest absolute Gasteiger partial charge is 0.179 e. The summed E-state index contributed by atoms with van der Waals surface area (Å²) in [6.07, 6.45) is 0.949. The van der Waals surface area contributed by atoms with Crippen LogP contribution in [0.15, 0.2) is 200 Å². The molecule has 1 nitrogen and oxygen atoms in total. The van der Waals surface area contributed by atoms with Crippen LogP contribution in [0.2, 0.25) is 0 Å². The average Bonchev–Trinajstić information content (AvgIpc) is 3.79. The summed E-state index contributed by atoms with van der Waals surface area (Å²) < 4.78 is 2.43. The molecular formula is C47H35NSi. The van der Waals surface area contributed by atoms with E-state index in [1.54, 1.807) is 0 Å². The monoisotopic (exact) mass is 641 g/mol. The molecule has 1 heterocycles. The molecule has 1 aliphatic carbocycles. The van der Waals surface area contributed by atoms with E-state index in [0.29, 0.717) is 0 Å². The second-order valence-corrected chi connectivity index (χ2v) is 16.7. The van der Waals surface area contributed by atoms with Gasteiger partial charge in [-0.2, -0.15) is 0 Å². The minimum atomic E-state index is -2.64. The van der Waals surface area contributed by atoms with E-state index in [1.165, 1.54) is 71.2 Å². The van der Waals surface area contributed by atoms with Gasteiger partial charge < -0.3 is 4.57 Å². The molecular weight excluding hydrogens is 607 g/mol. The highest BCUT2D eigenvalue weighted by Crippen LogP contribution is 2.40. The molecule has 0 atom stereocenters. The molecule has 0 spiro atoms. The van der Waals surface area contributed by atoms with Crippen LogP contribution >= 0.6 is 0 Å². The fourth-order valence-electron chi connectivity index (χ4n) is 7.98. The van der Waals surface area contributed by atoms with Crippen LogP contribution in [0, 0.1) is 0 Å². The fourth-order valence-corrected chi connectivity index (χ4v) is 12.7. The van der Waals surface area contributed by atoms with Crippen LogP contribution < -0.4 is 20.7 Å². The Morgan fingerprint density at radius 3 is 1.22 bits per heavy atom. The van der Waals surface area contributed by atoms with Gasteiger partial charge in [0, 0.05) is 5.69 Å². The van der Waals surface area contributed by atoms with E-state index >= 15 is 0 Å². The van der Waals surface area contributed by atoms with Crippen molar-refractivity contribution in [2.75, 3.05) is 0 Å². The second-order valence-electron chi connectivity index (χ2n) is 12.9. The first kappa shape index (κ1) is 29.2. The quantitative estimate of drug-likeness (QED) is 0.121. The van der Waals surface area contributed by atoms with Crippen molar-refractivity contribution in [3.63, 3.8) is 0 Å². The van der Waals surface area contributed by atoms with Gasteiger partial charge in [-0.15, -0.1) is 0 Å². The number of benzene rings is 7. The van der Waals surface area contributed by atoms with Crippen LogP contribution in [0.3, 0.4) is 0 Å². The lowest BCUT2D eigenvalue weighted by Gasteiger charge is -2.34. The zero-order chi connectivity index (χ0) is 32.6. The summed E-state index contributed by atoms with van der Waals surface area (Å²) in [5.74, 6) is 0. The number of nitrogens with zero attached hydrogens (tertiary/aromatic N) is 1. The molecule has 0 bridgehead atoms. The molecule has 232 valence electrons. The van der Waals surface area contributed by atoms with Crippen molar-refractivity contribution in [2.24, 2.45) is 0 Å². The molecule has 2 heteroatoms. The van der Waals surface area contributed by atoms with E-state index in [0.717, 1.165) is 6.42 Å². The van der Waals surface area contributed by atoms with Crippen molar-refractivity contribution in [1.82, 2.24) is 4.57 Å². The second kappa shape index (κ2) is 12.2. The lowest BCUT2D eigenvalue weighted by atomic mass is 10.0. The topological polar surface area (TPSA) is 4.93 Å². The molecule has 0 amide bonds. The molecule has 7 aromatic carbocycles. The Bertz CT molecular complexity index is 2230. The van der Waals surface area contributed by atoms with Gasteiger partial charge in [0.1, 0.15) is 0 Å². The predicted molar refractivity (Wildman–Crippen MR) is 208 cm³/mol. The van der Waals surface area contributed by atoms with Gasteiger partial charge in [-0.1, -0.05) is 176 Å². The summed E-state index contributed by atoms with van der Waals surface area (Å²) in [7, 11) is -2.64. The van der Waals surface area contributed by atoms with E-state index in [4.69, 9.17) is 0 Å². The Morgan fingerprint density at radius 2 is 0.755 bits per heavy atom. The van der Waals surface area contributed by atoms with Gasteiger partial charge in [0.2, 0.25) is 0 Å². The first-order valence-corrected chi connectivity index (χ1v) is 19.1. The maximum Gasteiger partial charge on any atom is 0.179 e. The minimum absolute atomic E-state index is 0.949. The zero-order valence-electron chi connectivity index (χ0n) is 27.2. The van der Waals surface area contributed by atoms with Crippen molar-refractivity contribution in [3.8, 4) is 39.3 Å². The molecule has 9 rings (SSSR count). The molecule has 1 aliphatic rings. The first-order valence-electron chi connectivity index (χ1n) is 17.1. The van der Waals surface area contributed by atoms with Crippen molar-refractivity contribution in [3.05, 3.63) is 211 Å². The van der Waals surface area contributed by atoms with Gasteiger partial charge in [-0.05, 0) is 84.8 Å². The van der Waals surface area contributed by atoms with Crippen molar-refractivity contribution < 1.29 is 0 Å². The van der Waals surface area contributed by atoms with Crippen molar-refractivity contribution >= 4 is 28.8 Å². The summed E-state index contributed by atoms with van der Waals surface area (Å²) >= 11 is 0. The Hall–Kier alpha value is -5.96. The summed E-state index contributed by atoms with van der Waals surface area (Å²) in [6.45, 7) is 0. The van der Waals surface area contributed by atoms with Crippen LogP contribution in [0.1, 0.15) is 11.1 Å². The van der Waals surface area contributed by atoms with E-state index in [1.807, 2.05) is 0 Å². The molecule has 0 aliphatic heterocycles. The van der Waals surface area contributed by atoms with Crippen LogP contribution in [0.25, 0.3) is 39.3 Å². The maximum absolute atomic E-state index is 2.64. The van der Waals surface area contributed by atoms with E-state index < -0.39 is 8.07 Å². The standard InChI is InChI=1S/C47H35NSi/c1-6-16-35(17-7-1)46-30-31-47(36-18-8-2-9-19-36)48(46)39-28-26-37-32-38-27-29-43(34-45(38)44(37)33-39)49(40-20-10-3-11-21-40,41-22-12-4-13-23-41)42-24-14-5-15-25-42/h1-31,33-34H,32H2. The highest BCUT2D eigenvalue weighted by Gasteiger charge is 2.42. The molecule has 49 heavy (non-hydrogen) atoms. The number of hydrogen-bond donors (Lipinski definition) is 0. The SMILES string of the molecule is c1ccc(-c2ccc(-c3ccccc3)n2-c2ccc3c(c2)-c2cc([Si](c4ccccc4)(c4ccccc4)c4ccccc4)ccc2C3)cc1. The van der Waals surface area contributed by atoms with Crippen LogP contribution in [0.5, 0.6) is 0 Å². The Balaban J connectivity index is 1.26. The summed E-state index contributed by atoms with van der Waals surface area (Å²) in [5, 5.41) is 5.59. The molecule has 0 saturated heterocycles. The highest BCUT2D eigenvalue weighted by atomic mass is 28.3. The van der Waals surface area contributed by atoms with Crippen LogP contribution in [-0.4, -0.2) is 12.6 Å². The van der Waals surface area contributed by atoms with E-state index in [-0.39, 0.29) is 0 Å². The first-order chi connectivity index (χ1) is 24.3. The fraction of sp³-hybridized carbons (Fsp3) is 0.0213. The van der Waals surface area contributed by atoms with Crippen LogP contribution in [-0.2, 0) is 6.42 Å². The van der Waals surface area contributed by atoms with Crippen molar-refractivity contribution in [1.29, 1.82) is 0 Å². The van der Waals surface area contributed by atoms with E-state index in [9.17, 15) is 0 Å². The summed E-state index contributed by atoms with van der Waals surface area (Å²) in [5.41, 5.74) is 11.4. The Kier molecular flexibility index (Phi) is 7.30. The molecule has 8 aromatic rings. The van der Waals surface area contributed by atoms with Gasteiger partial charge in [-0.25, -0.2) is 0 Å². The number of aromatic nitrogens is 1. The third-order valence-corrected chi connectivity index (χ3v) is 15.0. The summed E-state index contributed by atoms with van der Waals surface area (Å²) in [4.78, 5) is 0. The Labute approximate surface area is 289 Å². The molecule has 0 fully saturated rings. The van der Waals surface area contributed by atoms with Gasteiger partial charge >= 0.3 is 0 Å². The molecule has 1 aromatic heterocycles. The summed E-state index contributed by atoms with van der Waals surface area (Å²) in [6, 6.07) is 74.1. The zero-order valence-corrected chi connectivity index (χ0v) is 28.2.